The molecule has 5 heteroatoms. The number of nitrogens with one attached hydrogen (secondary N) is 2. The highest BCUT2D eigenvalue weighted by Gasteiger charge is 2.10. The second kappa shape index (κ2) is 6.02. The first-order valence-corrected chi connectivity index (χ1v) is 8.29. The fourth-order valence-electron chi connectivity index (χ4n) is 3.08. The van der Waals surface area contributed by atoms with Crippen molar-refractivity contribution in [2.24, 2.45) is 0 Å². The van der Waals surface area contributed by atoms with Crippen LogP contribution >= 0.6 is 0 Å². The Bertz CT molecular complexity index is 1080. The number of Topliss-reactive ketones (excluding diaryl/α,β-unsaturated/α-hetero) is 1. The molecule has 0 radical (unpaired) electrons. The van der Waals surface area contributed by atoms with Crippen molar-refractivity contribution in [1.29, 1.82) is 0 Å². The first-order valence-electron chi connectivity index (χ1n) is 8.29. The van der Waals surface area contributed by atoms with Gasteiger partial charge in [-0.15, -0.1) is 0 Å². The summed E-state index contributed by atoms with van der Waals surface area (Å²) in [5.74, 6) is 0.149. The molecule has 0 aliphatic carbocycles. The van der Waals surface area contributed by atoms with E-state index in [1.807, 2.05) is 50.2 Å². The Morgan fingerprint density at radius 3 is 2.68 bits per heavy atom. The third-order valence-electron chi connectivity index (χ3n) is 4.31. The van der Waals surface area contributed by atoms with Gasteiger partial charge in [-0.3, -0.25) is 4.79 Å². The van der Waals surface area contributed by atoms with E-state index in [-0.39, 0.29) is 5.78 Å². The molecule has 0 aliphatic heterocycles. The molecule has 2 heterocycles. The summed E-state index contributed by atoms with van der Waals surface area (Å²) >= 11 is 0. The Kier molecular flexibility index (Phi) is 3.69. The molecular weight excluding hydrogens is 312 g/mol. The number of carbonyl (C=O) groups excluding carboxylic acids is 1. The van der Waals surface area contributed by atoms with Crippen molar-refractivity contribution in [2.45, 2.75) is 20.3 Å². The molecule has 25 heavy (non-hydrogen) atoms. The van der Waals surface area contributed by atoms with Crippen LogP contribution in [0.5, 0.6) is 0 Å². The molecule has 0 bridgehead atoms. The molecule has 2 aromatic carbocycles. The summed E-state index contributed by atoms with van der Waals surface area (Å²) in [6.07, 6.45) is 2.09. The number of pyridine rings is 1. The van der Waals surface area contributed by atoms with E-state index in [1.165, 1.54) is 0 Å². The molecule has 0 spiro atoms. The Morgan fingerprint density at radius 2 is 1.92 bits per heavy atom. The van der Waals surface area contributed by atoms with Crippen LogP contribution in [-0.2, 0) is 0 Å². The molecule has 0 atom stereocenters. The first-order chi connectivity index (χ1) is 12.2. The second-order valence-electron chi connectivity index (χ2n) is 6.07. The van der Waals surface area contributed by atoms with Gasteiger partial charge in [0, 0.05) is 34.3 Å². The molecule has 2 N–H and O–H groups in total. The van der Waals surface area contributed by atoms with E-state index in [0.717, 1.165) is 44.6 Å². The summed E-state index contributed by atoms with van der Waals surface area (Å²) in [5.41, 5.74) is 6.42. The molecule has 0 saturated heterocycles. The van der Waals surface area contributed by atoms with E-state index in [4.69, 9.17) is 0 Å². The number of aromatic nitrogens is 3. The zero-order valence-electron chi connectivity index (χ0n) is 14.1. The van der Waals surface area contributed by atoms with Gasteiger partial charge in [0.05, 0.1) is 11.2 Å². The minimum atomic E-state index is 0.149. The standard InChI is InChI=1S/C20H18N4O/c1-3-18(25)13-4-6-14(7-5-13)24-17-10-12(2)23-15-8-9-16-20(19(15)17)22-11-21-16/h4-11,23-24H,3H2,1-2H3. The van der Waals surface area contributed by atoms with E-state index >= 15 is 0 Å². The molecule has 0 saturated carbocycles. The number of anilines is 2. The van der Waals surface area contributed by atoms with Crippen LogP contribution in [0.1, 0.15) is 29.4 Å². The van der Waals surface area contributed by atoms with Crippen molar-refractivity contribution in [3.63, 3.8) is 0 Å². The Morgan fingerprint density at radius 1 is 1.12 bits per heavy atom. The average Bonchev–Trinajstić information content (AvgIpc) is 3.10. The first kappa shape index (κ1) is 15.3. The number of aryl methyl sites for hydroxylation is 1. The number of imidazole rings is 1. The zero-order valence-corrected chi connectivity index (χ0v) is 14.1. The lowest BCUT2D eigenvalue weighted by molar-refractivity contribution is 0.0988. The molecule has 4 aromatic rings. The predicted molar refractivity (Wildman–Crippen MR) is 100 cm³/mol. The van der Waals surface area contributed by atoms with E-state index in [0.29, 0.717) is 6.42 Å². The van der Waals surface area contributed by atoms with E-state index in [1.54, 1.807) is 6.33 Å². The second-order valence-corrected chi connectivity index (χ2v) is 6.07. The van der Waals surface area contributed by atoms with Gasteiger partial charge in [0.2, 0.25) is 0 Å². The lowest BCUT2D eigenvalue weighted by Gasteiger charge is -2.12. The normalized spacial score (nSPS) is 11.1. The minimum absolute atomic E-state index is 0.149. The molecule has 0 amide bonds. The van der Waals surface area contributed by atoms with Crippen LogP contribution in [0, 0.1) is 6.92 Å². The highest BCUT2D eigenvalue weighted by Crippen LogP contribution is 2.31. The molecule has 0 unspecified atom stereocenters. The van der Waals surface area contributed by atoms with Gasteiger partial charge in [0.25, 0.3) is 0 Å². The topological polar surface area (TPSA) is 70.7 Å². The number of rotatable bonds is 4. The number of benzene rings is 2. The molecule has 2 aromatic heterocycles. The SMILES string of the molecule is CCC(=O)c1ccc(Nc2cc(C)[nH]c3ccc4ncnc4c23)cc1. The van der Waals surface area contributed by atoms with Crippen LogP contribution in [0.3, 0.4) is 0 Å². The summed E-state index contributed by atoms with van der Waals surface area (Å²) in [7, 11) is 0. The number of fused-ring (bicyclic) bond motifs is 3. The number of hydrogen-bond acceptors (Lipinski definition) is 4. The third-order valence-corrected chi connectivity index (χ3v) is 4.31. The highest BCUT2D eigenvalue weighted by molar-refractivity contribution is 6.10. The lowest BCUT2D eigenvalue weighted by atomic mass is 10.1. The maximum atomic E-state index is 11.8. The molecule has 0 aliphatic rings. The zero-order chi connectivity index (χ0) is 17.4. The number of nitrogens with zero attached hydrogens (tertiary/aromatic N) is 2. The lowest BCUT2D eigenvalue weighted by Crippen LogP contribution is -1.98. The summed E-state index contributed by atoms with van der Waals surface area (Å²) in [4.78, 5) is 23.9. The fraction of sp³-hybridized carbons (Fsp3) is 0.150. The van der Waals surface area contributed by atoms with Crippen molar-refractivity contribution in [2.75, 3.05) is 5.32 Å². The van der Waals surface area contributed by atoms with Crippen LogP contribution in [0.15, 0.2) is 48.8 Å². The van der Waals surface area contributed by atoms with E-state index in [9.17, 15) is 4.79 Å². The van der Waals surface area contributed by atoms with Crippen LogP contribution in [0.25, 0.3) is 21.9 Å². The summed E-state index contributed by atoms with van der Waals surface area (Å²) in [5, 5.41) is 4.46. The van der Waals surface area contributed by atoms with Crippen molar-refractivity contribution in [3.05, 3.63) is 60.0 Å². The summed E-state index contributed by atoms with van der Waals surface area (Å²) in [6.45, 7) is 3.89. The number of ketones is 1. The van der Waals surface area contributed by atoms with Crippen molar-refractivity contribution >= 4 is 39.1 Å². The van der Waals surface area contributed by atoms with Gasteiger partial charge >= 0.3 is 0 Å². The quantitative estimate of drug-likeness (QED) is 0.529. The van der Waals surface area contributed by atoms with Crippen LogP contribution in [-0.4, -0.2) is 20.7 Å². The number of carbonyl (C=O) groups is 1. The Labute approximate surface area is 145 Å². The predicted octanol–water partition coefficient (Wildman–Crippen LogP) is 4.76. The van der Waals surface area contributed by atoms with Crippen molar-refractivity contribution in [3.8, 4) is 0 Å². The minimum Gasteiger partial charge on any atom is -0.358 e. The van der Waals surface area contributed by atoms with E-state index < -0.39 is 0 Å². The fourth-order valence-corrected chi connectivity index (χ4v) is 3.08. The maximum Gasteiger partial charge on any atom is 0.162 e. The third kappa shape index (κ3) is 2.74. The summed E-state index contributed by atoms with van der Waals surface area (Å²) < 4.78 is 0. The van der Waals surface area contributed by atoms with Crippen molar-refractivity contribution < 1.29 is 4.79 Å². The monoisotopic (exact) mass is 330 g/mol. The number of aromatic amines is 1. The molecule has 124 valence electrons. The molecular formula is C20H18N4O. The Hall–Kier alpha value is -3.21. The molecule has 0 fully saturated rings. The number of H-pyrrole nitrogens is 1. The highest BCUT2D eigenvalue weighted by atomic mass is 16.1. The van der Waals surface area contributed by atoms with Gasteiger partial charge in [0.15, 0.2) is 5.78 Å². The van der Waals surface area contributed by atoms with Crippen molar-refractivity contribution in [1.82, 2.24) is 15.0 Å². The summed E-state index contributed by atoms with van der Waals surface area (Å²) in [6, 6.07) is 13.6. The van der Waals surface area contributed by atoms with Gasteiger partial charge in [-0.05, 0) is 49.4 Å². The van der Waals surface area contributed by atoms with Crippen LogP contribution in [0.4, 0.5) is 11.4 Å². The van der Waals surface area contributed by atoms with Gasteiger partial charge in [-0.2, -0.15) is 0 Å². The Balaban J connectivity index is 1.80. The molecule has 5 nitrogen and oxygen atoms in total. The van der Waals surface area contributed by atoms with Crippen LogP contribution < -0.4 is 5.32 Å². The van der Waals surface area contributed by atoms with Gasteiger partial charge in [-0.1, -0.05) is 6.92 Å². The number of hydrogen-bond donors (Lipinski definition) is 2. The maximum absolute atomic E-state index is 11.8. The molecule has 4 rings (SSSR count). The van der Waals surface area contributed by atoms with E-state index in [2.05, 4.69) is 26.3 Å². The van der Waals surface area contributed by atoms with Crippen LogP contribution in [0.2, 0.25) is 0 Å². The smallest absolute Gasteiger partial charge is 0.162 e. The average molecular weight is 330 g/mol. The van der Waals surface area contributed by atoms with Gasteiger partial charge < -0.3 is 10.3 Å². The largest absolute Gasteiger partial charge is 0.358 e. The van der Waals surface area contributed by atoms with Gasteiger partial charge in [0.1, 0.15) is 11.8 Å². The van der Waals surface area contributed by atoms with Gasteiger partial charge in [-0.25, -0.2) is 9.97 Å².